The zero-order chi connectivity index (χ0) is 13.3. The molecule has 0 bridgehead atoms. The molecule has 0 radical (unpaired) electrons. The van der Waals surface area contributed by atoms with Crippen LogP contribution in [0.25, 0.3) is 0 Å². The fourth-order valence-corrected chi connectivity index (χ4v) is 1.75. The smallest absolute Gasteiger partial charge is 0.345 e. The van der Waals surface area contributed by atoms with Crippen LogP contribution < -0.4 is 5.73 Å². The Kier molecular flexibility index (Phi) is 3.97. The molecule has 8 heteroatoms. The predicted octanol–water partition coefficient (Wildman–Crippen LogP) is 2.97. The maximum absolute atomic E-state index is 12.3. The number of nitrogens with two attached hydrogens (primary N) is 1. The fraction of sp³-hybridized carbons (Fsp3) is 1.00. The highest BCUT2D eigenvalue weighted by Crippen LogP contribution is 2.42. The Morgan fingerprint density at radius 2 is 1.35 bits per heavy atom. The summed E-state index contributed by atoms with van der Waals surface area (Å²) in [6.07, 6.45) is -8.61. The number of rotatable bonds is 3. The van der Waals surface area contributed by atoms with Crippen LogP contribution in [0.3, 0.4) is 0 Å². The van der Waals surface area contributed by atoms with Crippen molar-refractivity contribution in [2.24, 2.45) is 11.7 Å². The Morgan fingerprint density at radius 3 is 1.71 bits per heavy atom. The summed E-state index contributed by atoms with van der Waals surface area (Å²) >= 11 is 0. The topological polar surface area (TPSA) is 35.2 Å². The minimum absolute atomic E-state index is 0.275. The SMILES string of the molecule is NC(OCC1CCCC1)(C(F)(F)F)C(F)(F)F. The van der Waals surface area contributed by atoms with Gasteiger partial charge in [0.05, 0.1) is 6.61 Å². The van der Waals surface area contributed by atoms with Gasteiger partial charge in [-0.1, -0.05) is 12.8 Å². The summed E-state index contributed by atoms with van der Waals surface area (Å²) in [5.74, 6) is -0.275. The largest absolute Gasteiger partial charge is 0.440 e. The van der Waals surface area contributed by atoms with Gasteiger partial charge in [-0.2, -0.15) is 26.3 Å². The molecule has 2 nitrogen and oxygen atoms in total. The first-order chi connectivity index (χ1) is 7.58. The van der Waals surface area contributed by atoms with Crippen LogP contribution in [0.5, 0.6) is 0 Å². The molecule has 0 aromatic heterocycles. The van der Waals surface area contributed by atoms with Crippen molar-refractivity contribution in [3.8, 4) is 0 Å². The number of hydrogen-bond donors (Lipinski definition) is 1. The van der Waals surface area contributed by atoms with Crippen LogP contribution in [0.15, 0.2) is 0 Å². The maximum atomic E-state index is 12.3. The summed E-state index contributed by atoms with van der Waals surface area (Å²) in [7, 11) is 0. The summed E-state index contributed by atoms with van der Waals surface area (Å²) in [4.78, 5) is 0. The highest BCUT2D eigenvalue weighted by atomic mass is 19.4. The Morgan fingerprint density at radius 1 is 0.941 bits per heavy atom. The third-order valence-electron chi connectivity index (χ3n) is 2.86. The van der Waals surface area contributed by atoms with Crippen LogP contribution in [0.4, 0.5) is 26.3 Å². The van der Waals surface area contributed by atoms with Gasteiger partial charge in [-0.25, -0.2) is 0 Å². The monoisotopic (exact) mass is 265 g/mol. The zero-order valence-electron chi connectivity index (χ0n) is 8.87. The third kappa shape index (κ3) is 3.04. The standard InChI is InChI=1S/C9H13F6NO/c10-8(11,12)7(16,9(13,14)15)17-5-6-3-1-2-4-6/h6H,1-5,16H2. The Labute approximate surface area is 94.1 Å². The molecule has 1 rings (SSSR count). The van der Waals surface area contributed by atoms with Crippen LogP contribution in [0, 0.1) is 5.92 Å². The molecule has 0 unspecified atom stereocenters. The maximum Gasteiger partial charge on any atom is 0.440 e. The van der Waals surface area contributed by atoms with E-state index in [1.807, 2.05) is 0 Å². The second-order valence-corrected chi connectivity index (χ2v) is 4.19. The van der Waals surface area contributed by atoms with Gasteiger partial charge in [0.25, 0.3) is 0 Å². The first kappa shape index (κ1) is 14.6. The highest BCUT2D eigenvalue weighted by molar-refractivity contribution is 4.90. The summed E-state index contributed by atoms with van der Waals surface area (Å²) in [5, 5.41) is 0. The van der Waals surface area contributed by atoms with Crippen molar-refractivity contribution in [3.05, 3.63) is 0 Å². The van der Waals surface area contributed by atoms with E-state index in [2.05, 4.69) is 10.5 Å². The lowest BCUT2D eigenvalue weighted by Gasteiger charge is -2.34. The highest BCUT2D eigenvalue weighted by Gasteiger charge is 2.70. The molecule has 1 saturated carbocycles. The predicted molar refractivity (Wildman–Crippen MR) is 46.9 cm³/mol. The van der Waals surface area contributed by atoms with E-state index in [1.54, 1.807) is 0 Å². The van der Waals surface area contributed by atoms with E-state index < -0.39 is 24.7 Å². The van der Waals surface area contributed by atoms with Crippen LogP contribution in [-0.4, -0.2) is 24.7 Å². The molecule has 0 saturated heterocycles. The van der Waals surface area contributed by atoms with Gasteiger partial charge in [0.15, 0.2) is 0 Å². The van der Waals surface area contributed by atoms with Crippen molar-refractivity contribution in [1.29, 1.82) is 0 Å². The number of ether oxygens (including phenoxy) is 1. The molecular formula is C9H13F6NO. The van der Waals surface area contributed by atoms with Gasteiger partial charge in [-0.15, -0.1) is 0 Å². The lowest BCUT2D eigenvalue weighted by molar-refractivity contribution is -0.381. The van der Waals surface area contributed by atoms with E-state index in [0.717, 1.165) is 12.8 Å². The first-order valence-corrected chi connectivity index (χ1v) is 5.14. The number of hydrogen-bond acceptors (Lipinski definition) is 2. The molecule has 1 aliphatic rings. The Balaban J connectivity index is 2.71. The van der Waals surface area contributed by atoms with Crippen molar-refractivity contribution in [1.82, 2.24) is 0 Å². The minimum atomic E-state index is -5.68. The van der Waals surface area contributed by atoms with Crippen LogP contribution in [0.2, 0.25) is 0 Å². The van der Waals surface area contributed by atoms with Gasteiger partial charge < -0.3 is 4.74 Å². The second-order valence-electron chi connectivity index (χ2n) is 4.19. The van der Waals surface area contributed by atoms with Crippen molar-refractivity contribution >= 4 is 0 Å². The minimum Gasteiger partial charge on any atom is -0.345 e. The number of halogens is 6. The van der Waals surface area contributed by atoms with Gasteiger partial charge in [-0.3, -0.25) is 5.73 Å². The molecule has 0 amide bonds. The van der Waals surface area contributed by atoms with E-state index in [0.29, 0.717) is 12.8 Å². The summed E-state index contributed by atoms with van der Waals surface area (Å²) < 4.78 is 77.8. The molecular weight excluding hydrogens is 252 g/mol. The van der Waals surface area contributed by atoms with E-state index in [9.17, 15) is 26.3 Å². The molecule has 0 spiro atoms. The number of alkyl halides is 6. The van der Waals surface area contributed by atoms with Gasteiger partial charge in [0.2, 0.25) is 0 Å². The van der Waals surface area contributed by atoms with Crippen molar-refractivity contribution < 1.29 is 31.1 Å². The molecule has 0 heterocycles. The zero-order valence-corrected chi connectivity index (χ0v) is 8.87. The quantitative estimate of drug-likeness (QED) is 0.629. The average Bonchev–Trinajstić information content (AvgIpc) is 2.62. The summed E-state index contributed by atoms with van der Waals surface area (Å²) in [6, 6.07) is 0. The van der Waals surface area contributed by atoms with Gasteiger partial charge >= 0.3 is 18.1 Å². The fourth-order valence-electron chi connectivity index (χ4n) is 1.75. The molecule has 0 aromatic rings. The van der Waals surface area contributed by atoms with Crippen LogP contribution in [0.1, 0.15) is 25.7 Å². The molecule has 0 aliphatic heterocycles. The van der Waals surface area contributed by atoms with Crippen molar-refractivity contribution in [3.63, 3.8) is 0 Å². The Hall–Kier alpha value is -0.500. The molecule has 0 aromatic carbocycles. The first-order valence-electron chi connectivity index (χ1n) is 5.14. The van der Waals surface area contributed by atoms with E-state index in [1.165, 1.54) is 0 Å². The Bertz CT molecular complexity index is 241. The molecule has 1 aliphatic carbocycles. The molecule has 0 atom stereocenters. The van der Waals surface area contributed by atoms with Crippen molar-refractivity contribution in [2.75, 3.05) is 6.61 Å². The normalized spacial score (nSPS) is 19.9. The molecule has 17 heavy (non-hydrogen) atoms. The van der Waals surface area contributed by atoms with Gasteiger partial charge in [-0.05, 0) is 18.8 Å². The van der Waals surface area contributed by atoms with Crippen LogP contribution >= 0.6 is 0 Å². The lowest BCUT2D eigenvalue weighted by atomic mass is 10.1. The second kappa shape index (κ2) is 4.64. The molecule has 102 valence electrons. The van der Waals surface area contributed by atoms with Gasteiger partial charge in [0.1, 0.15) is 0 Å². The van der Waals surface area contributed by atoms with E-state index in [-0.39, 0.29) is 5.92 Å². The van der Waals surface area contributed by atoms with Crippen molar-refractivity contribution in [2.45, 2.75) is 43.8 Å². The van der Waals surface area contributed by atoms with E-state index in [4.69, 9.17) is 0 Å². The van der Waals surface area contributed by atoms with Gasteiger partial charge in [0, 0.05) is 0 Å². The summed E-state index contributed by atoms with van der Waals surface area (Å²) in [6.45, 7) is -0.616. The van der Waals surface area contributed by atoms with Crippen LogP contribution in [-0.2, 0) is 4.74 Å². The molecule has 2 N–H and O–H groups in total. The average molecular weight is 265 g/mol. The third-order valence-corrected chi connectivity index (χ3v) is 2.86. The molecule has 1 fully saturated rings. The lowest BCUT2D eigenvalue weighted by Crippen LogP contribution is -2.65. The van der Waals surface area contributed by atoms with E-state index >= 15 is 0 Å². The summed E-state index contributed by atoms with van der Waals surface area (Å²) in [5.41, 5.74) is -0.209.